The zero-order valence-electron chi connectivity index (χ0n) is 12.0. The van der Waals surface area contributed by atoms with Crippen molar-refractivity contribution in [3.63, 3.8) is 0 Å². The van der Waals surface area contributed by atoms with E-state index in [1.807, 2.05) is 0 Å². The molecule has 21 heavy (non-hydrogen) atoms. The van der Waals surface area contributed by atoms with Crippen LogP contribution in [-0.2, 0) is 9.53 Å². The second-order valence-corrected chi connectivity index (χ2v) is 5.29. The largest absolute Gasteiger partial charge is 0.462 e. The second-order valence-electron chi connectivity index (χ2n) is 4.90. The van der Waals surface area contributed by atoms with Crippen LogP contribution in [0.4, 0.5) is 0 Å². The number of hydrogen-bond donors (Lipinski definition) is 0. The molecule has 0 N–H and O–H groups in total. The number of furan rings is 1. The summed E-state index contributed by atoms with van der Waals surface area (Å²) in [7, 11) is 0. The van der Waals surface area contributed by atoms with Gasteiger partial charge in [0.1, 0.15) is 5.17 Å². The zero-order valence-corrected chi connectivity index (χ0v) is 12.8. The van der Waals surface area contributed by atoms with Crippen molar-refractivity contribution in [2.24, 2.45) is 16.1 Å². The Kier molecular flexibility index (Phi) is 5.99. The Bertz CT molecular complexity index is 517. The number of carbonyl (C=O) groups excluding carboxylic acids is 1. The molecule has 1 fully saturated rings. The average molecular weight is 311 g/mol. The van der Waals surface area contributed by atoms with Crippen LogP contribution in [0.25, 0.3) is 0 Å². The van der Waals surface area contributed by atoms with Gasteiger partial charge in [-0.3, -0.25) is 0 Å². The normalized spacial score (nSPS) is 17.8. The van der Waals surface area contributed by atoms with E-state index >= 15 is 0 Å². The number of halogens is 1. The third kappa shape index (κ3) is 4.43. The molecule has 1 aromatic heterocycles. The van der Waals surface area contributed by atoms with E-state index in [9.17, 15) is 4.79 Å². The molecule has 0 amide bonds. The molecule has 114 valence electrons. The maximum absolute atomic E-state index is 11.9. The van der Waals surface area contributed by atoms with Gasteiger partial charge in [-0.25, -0.2) is 4.79 Å². The molecule has 6 heteroatoms. The molecular formula is C15H19ClN2O3. The molecule has 5 nitrogen and oxygen atoms in total. The lowest BCUT2D eigenvalue weighted by atomic mass is 9.90. The first-order valence-electron chi connectivity index (χ1n) is 7.24. The first kappa shape index (κ1) is 15.8. The molecular weight excluding hydrogens is 292 g/mol. The van der Waals surface area contributed by atoms with Gasteiger partial charge in [-0.05, 0) is 31.9 Å². The predicted molar refractivity (Wildman–Crippen MR) is 81.7 cm³/mol. The fraction of sp³-hybridized carbons (Fsp3) is 0.533. The van der Waals surface area contributed by atoms with Crippen molar-refractivity contribution in [3.05, 3.63) is 24.2 Å². The lowest BCUT2D eigenvalue weighted by Gasteiger charge is -2.19. The van der Waals surface area contributed by atoms with Crippen molar-refractivity contribution in [1.82, 2.24) is 0 Å². The highest BCUT2D eigenvalue weighted by molar-refractivity contribution is 6.65. The zero-order chi connectivity index (χ0) is 15.1. The van der Waals surface area contributed by atoms with Gasteiger partial charge in [-0.1, -0.05) is 30.9 Å². The van der Waals surface area contributed by atoms with E-state index in [1.54, 1.807) is 19.1 Å². The van der Waals surface area contributed by atoms with Crippen LogP contribution in [0.1, 0.15) is 44.8 Å². The minimum absolute atomic E-state index is 0.0378. The quantitative estimate of drug-likeness (QED) is 0.472. The van der Waals surface area contributed by atoms with E-state index in [2.05, 4.69) is 10.2 Å². The Morgan fingerprint density at radius 2 is 2.14 bits per heavy atom. The fourth-order valence-corrected chi connectivity index (χ4v) is 2.58. The summed E-state index contributed by atoms with van der Waals surface area (Å²) in [5.74, 6) is -0.00108. The van der Waals surface area contributed by atoms with Crippen LogP contribution in [0.15, 0.2) is 33.0 Å². The first-order valence-corrected chi connectivity index (χ1v) is 7.62. The Hall–Kier alpha value is -1.62. The van der Waals surface area contributed by atoms with Gasteiger partial charge in [0.15, 0.2) is 5.76 Å². The third-order valence-corrected chi connectivity index (χ3v) is 3.80. The summed E-state index contributed by atoms with van der Waals surface area (Å²) in [5, 5.41) is 8.43. The first-order chi connectivity index (χ1) is 10.2. The molecule has 1 aliphatic carbocycles. The van der Waals surface area contributed by atoms with Gasteiger partial charge in [-0.15, -0.1) is 10.2 Å². The van der Waals surface area contributed by atoms with Crippen molar-refractivity contribution in [2.45, 2.75) is 39.0 Å². The van der Waals surface area contributed by atoms with Gasteiger partial charge in [0.2, 0.25) is 5.71 Å². The number of hydrogen-bond acceptors (Lipinski definition) is 5. The van der Waals surface area contributed by atoms with E-state index in [-0.39, 0.29) is 18.2 Å². The molecule has 0 unspecified atom stereocenters. The highest BCUT2D eigenvalue weighted by Crippen LogP contribution is 2.26. The Balaban J connectivity index is 2.17. The molecule has 1 aliphatic rings. The van der Waals surface area contributed by atoms with Gasteiger partial charge in [-0.2, -0.15) is 0 Å². The number of carbonyl (C=O) groups is 1. The summed E-state index contributed by atoms with van der Waals surface area (Å²) in [4.78, 5) is 11.9. The Morgan fingerprint density at radius 1 is 1.38 bits per heavy atom. The minimum atomic E-state index is -0.565. The number of esters is 1. The van der Waals surface area contributed by atoms with Crippen LogP contribution in [0, 0.1) is 5.92 Å². The molecule has 0 aliphatic heterocycles. The molecule has 0 bridgehead atoms. The summed E-state index contributed by atoms with van der Waals surface area (Å²) in [6, 6.07) is 3.32. The molecule has 1 saturated carbocycles. The minimum Gasteiger partial charge on any atom is -0.462 e. The molecule has 0 atom stereocenters. The van der Waals surface area contributed by atoms with E-state index in [0.29, 0.717) is 10.9 Å². The molecule has 1 aromatic rings. The lowest BCUT2D eigenvalue weighted by Crippen LogP contribution is -2.18. The van der Waals surface area contributed by atoms with Crippen molar-refractivity contribution in [1.29, 1.82) is 0 Å². The van der Waals surface area contributed by atoms with E-state index in [1.165, 1.54) is 12.7 Å². The maximum Gasteiger partial charge on any atom is 0.362 e. The second kappa shape index (κ2) is 7.98. The summed E-state index contributed by atoms with van der Waals surface area (Å²) < 4.78 is 10.2. The van der Waals surface area contributed by atoms with Crippen molar-refractivity contribution in [3.8, 4) is 0 Å². The molecule has 2 rings (SSSR count). The number of rotatable bonds is 5. The SMILES string of the molecule is CCOC(=O)C(=NN=C(Cl)C1CCCCC1)c1ccco1. The third-order valence-electron chi connectivity index (χ3n) is 3.41. The van der Waals surface area contributed by atoms with Crippen LogP contribution in [0.2, 0.25) is 0 Å². The fourth-order valence-electron chi connectivity index (χ4n) is 2.32. The standard InChI is InChI=1S/C15H19ClN2O3/c1-2-20-15(19)13(12-9-6-10-21-12)17-18-14(16)11-7-4-3-5-8-11/h6,9-11H,2-5,7-8H2,1H3. The summed E-state index contributed by atoms with van der Waals surface area (Å²) in [6.07, 6.45) is 7.06. The van der Waals surface area contributed by atoms with Crippen LogP contribution in [-0.4, -0.2) is 23.5 Å². The van der Waals surface area contributed by atoms with Crippen molar-refractivity contribution >= 4 is 28.5 Å². The number of ether oxygens (including phenoxy) is 1. The van der Waals surface area contributed by atoms with Crippen LogP contribution in [0.3, 0.4) is 0 Å². The lowest BCUT2D eigenvalue weighted by molar-refractivity contribution is -0.135. The number of nitrogens with zero attached hydrogens (tertiary/aromatic N) is 2. The van der Waals surface area contributed by atoms with Gasteiger partial charge in [0.25, 0.3) is 0 Å². The Morgan fingerprint density at radius 3 is 2.76 bits per heavy atom. The smallest absolute Gasteiger partial charge is 0.362 e. The van der Waals surface area contributed by atoms with Crippen molar-refractivity contribution < 1.29 is 13.9 Å². The molecule has 0 spiro atoms. The van der Waals surface area contributed by atoms with E-state index in [0.717, 1.165) is 25.7 Å². The average Bonchev–Trinajstić information content (AvgIpc) is 3.02. The van der Waals surface area contributed by atoms with Crippen LogP contribution < -0.4 is 0 Å². The Labute approximate surface area is 129 Å². The van der Waals surface area contributed by atoms with Gasteiger partial charge in [0.05, 0.1) is 12.9 Å². The van der Waals surface area contributed by atoms with Gasteiger partial charge in [0, 0.05) is 5.92 Å². The van der Waals surface area contributed by atoms with Crippen molar-refractivity contribution in [2.75, 3.05) is 6.61 Å². The van der Waals surface area contributed by atoms with E-state index in [4.69, 9.17) is 20.8 Å². The predicted octanol–water partition coefficient (Wildman–Crippen LogP) is 3.76. The molecule has 1 heterocycles. The van der Waals surface area contributed by atoms with E-state index < -0.39 is 5.97 Å². The van der Waals surface area contributed by atoms with Crippen LogP contribution in [0.5, 0.6) is 0 Å². The van der Waals surface area contributed by atoms with Crippen LogP contribution >= 0.6 is 11.6 Å². The summed E-state index contributed by atoms with van der Waals surface area (Å²) in [6.45, 7) is 1.99. The monoisotopic (exact) mass is 310 g/mol. The molecule has 0 saturated heterocycles. The molecule has 0 aromatic carbocycles. The van der Waals surface area contributed by atoms with Gasteiger partial charge < -0.3 is 9.15 Å². The topological polar surface area (TPSA) is 64.2 Å². The summed E-state index contributed by atoms with van der Waals surface area (Å²) in [5.41, 5.74) is 0.0378. The molecule has 0 radical (unpaired) electrons. The van der Waals surface area contributed by atoms with Gasteiger partial charge >= 0.3 is 5.97 Å². The highest BCUT2D eigenvalue weighted by Gasteiger charge is 2.20. The highest BCUT2D eigenvalue weighted by atomic mass is 35.5. The summed E-state index contributed by atoms with van der Waals surface area (Å²) >= 11 is 6.21. The maximum atomic E-state index is 11.9.